The van der Waals surface area contributed by atoms with Crippen LogP contribution in [0.2, 0.25) is 0 Å². The monoisotopic (exact) mass is 325 g/mol. The van der Waals surface area contributed by atoms with E-state index < -0.39 is 17.4 Å². The number of carboxylic acids is 1. The van der Waals surface area contributed by atoms with Gasteiger partial charge in [-0.2, -0.15) is 13.2 Å². The minimum Gasteiger partial charge on any atom is -0.481 e. The molecule has 0 spiro atoms. The number of hydrogen-bond donors (Lipinski definition) is 2. The van der Waals surface area contributed by atoms with E-state index in [1.165, 1.54) is 24.3 Å². The summed E-state index contributed by atoms with van der Waals surface area (Å²) in [5.74, 6) is -1.65. The van der Waals surface area contributed by atoms with Crippen LogP contribution in [0.4, 0.5) is 18.9 Å². The Kier molecular flexibility index (Phi) is 6.21. The van der Waals surface area contributed by atoms with E-state index in [1.54, 1.807) is 0 Å². The van der Waals surface area contributed by atoms with E-state index in [1.807, 2.05) is 0 Å². The molecule has 0 bridgehead atoms. The first kappa shape index (κ1) is 16.7. The lowest BCUT2D eigenvalue weighted by Crippen LogP contribution is -2.15. The molecule has 0 radical (unpaired) electrons. The number of carbonyl (C=O) groups is 2. The van der Waals surface area contributed by atoms with E-state index in [-0.39, 0.29) is 28.2 Å². The van der Waals surface area contributed by atoms with Gasteiger partial charge in [0, 0.05) is 10.6 Å². The summed E-state index contributed by atoms with van der Waals surface area (Å²) in [5.41, 5.74) is -3.99. The standard InChI is InChI=1S/C11H10F3NO3S2/c12-11(13,14)20-8-3-1-7(2-4-8)15-9(16)5-19-6-10(17)18/h1-4H,5-6H2,(H,15,16)(H,17,18). The maximum Gasteiger partial charge on any atom is 0.446 e. The molecular weight excluding hydrogens is 315 g/mol. The van der Waals surface area contributed by atoms with E-state index in [0.717, 1.165) is 11.8 Å². The van der Waals surface area contributed by atoms with Gasteiger partial charge in [-0.25, -0.2) is 0 Å². The minimum atomic E-state index is -4.35. The smallest absolute Gasteiger partial charge is 0.446 e. The molecule has 0 aliphatic heterocycles. The fourth-order valence-electron chi connectivity index (χ4n) is 1.17. The Morgan fingerprint density at radius 3 is 2.25 bits per heavy atom. The summed E-state index contributed by atoms with van der Waals surface area (Å²) in [6.07, 6.45) is 0. The van der Waals surface area contributed by atoms with Crippen LogP contribution in [0.15, 0.2) is 29.2 Å². The van der Waals surface area contributed by atoms with Gasteiger partial charge in [-0.05, 0) is 36.0 Å². The molecule has 0 aliphatic rings. The highest BCUT2D eigenvalue weighted by atomic mass is 32.2. The van der Waals surface area contributed by atoms with E-state index in [2.05, 4.69) is 5.32 Å². The van der Waals surface area contributed by atoms with E-state index in [4.69, 9.17) is 5.11 Å². The summed E-state index contributed by atoms with van der Waals surface area (Å²) in [6, 6.07) is 5.21. The largest absolute Gasteiger partial charge is 0.481 e. The van der Waals surface area contributed by atoms with Crippen LogP contribution < -0.4 is 5.32 Å². The molecular formula is C11H10F3NO3S2. The van der Waals surface area contributed by atoms with E-state index >= 15 is 0 Å². The Balaban J connectivity index is 2.45. The zero-order chi connectivity index (χ0) is 15.2. The molecule has 0 aromatic heterocycles. The van der Waals surface area contributed by atoms with Crippen LogP contribution in [0.25, 0.3) is 0 Å². The highest BCUT2D eigenvalue weighted by Crippen LogP contribution is 2.36. The third-order valence-electron chi connectivity index (χ3n) is 1.83. The molecule has 0 unspecified atom stereocenters. The van der Waals surface area contributed by atoms with Crippen LogP contribution in [-0.4, -0.2) is 34.0 Å². The summed E-state index contributed by atoms with van der Waals surface area (Å²) >= 11 is 0.699. The summed E-state index contributed by atoms with van der Waals surface area (Å²) in [5, 5.41) is 10.9. The molecule has 0 saturated heterocycles. The average Bonchev–Trinajstić information content (AvgIpc) is 2.29. The first-order chi connectivity index (χ1) is 9.26. The highest BCUT2D eigenvalue weighted by molar-refractivity contribution is 8.00. The predicted octanol–water partition coefficient (Wildman–Crippen LogP) is 3.05. The second-order valence-corrected chi connectivity index (χ2v) is 5.63. The van der Waals surface area contributed by atoms with E-state index in [9.17, 15) is 22.8 Å². The molecule has 0 atom stereocenters. The van der Waals surface area contributed by atoms with Gasteiger partial charge in [0.25, 0.3) is 0 Å². The van der Waals surface area contributed by atoms with Crippen LogP contribution >= 0.6 is 23.5 Å². The Bertz CT molecular complexity index is 477. The van der Waals surface area contributed by atoms with Crippen molar-refractivity contribution in [3.63, 3.8) is 0 Å². The Labute approximate surface area is 121 Å². The number of amides is 1. The van der Waals surface area contributed by atoms with Gasteiger partial charge in [0.15, 0.2) is 0 Å². The SMILES string of the molecule is O=C(O)CSCC(=O)Nc1ccc(SC(F)(F)F)cc1. The van der Waals surface area contributed by atoms with Crippen molar-refractivity contribution < 1.29 is 27.9 Å². The molecule has 0 saturated carbocycles. The van der Waals surface area contributed by atoms with Crippen molar-refractivity contribution in [2.24, 2.45) is 0 Å². The van der Waals surface area contributed by atoms with Crippen LogP contribution in [0.3, 0.4) is 0 Å². The van der Waals surface area contributed by atoms with Gasteiger partial charge in [0.1, 0.15) is 0 Å². The van der Waals surface area contributed by atoms with Crippen molar-refractivity contribution in [1.29, 1.82) is 0 Å². The second kappa shape index (κ2) is 7.44. The maximum atomic E-state index is 12.1. The van der Waals surface area contributed by atoms with Gasteiger partial charge in [-0.3, -0.25) is 9.59 Å². The lowest BCUT2D eigenvalue weighted by Gasteiger charge is -2.07. The lowest BCUT2D eigenvalue weighted by atomic mass is 10.3. The van der Waals surface area contributed by atoms with Crippen molar-refractivity contribution >= 4 is 41.1 Å². The van der Waals surface area contributed by atoms with Crippen LogP contribution in [0, 0.1) is 0 Å². The lowest BCUT2D eigenvalue weighted by molar-refractivity contribution is -0.133. The van der Waals surface area contributed by atoms with Gasteiger partial charge < -0.3 is 10.4 Å². The topological polar surface area (TPSA) is 66.4 Å². The summed E-state index contributed by atoms with van der Waals surface area (Å²) in [4.78, 5) is 21.7. The van der Waals surface area contributed by atoms with Gasteiger partial charge in [-0.1, -0.05) is 0 Å². The maximum absolute atomic E-state index is 12.1. The normalized spacial score (nSPS) is 11.2. The summed E-state index contributed by atoms with van der Waals surface area (Å²) in [6.45, 7) is 0. The van der Waals surface area contributed by atoms with Crippen LogP contribution in [0.1, 0.15) is 0 Å². The molecule has 4 nitrogen and oxygen atoms in total. The van der Waals surface area contributed by atoms with Gasteiger partial charge in [0.2, 0.25) is 5.91 Å². The number of carboxylic acid groups (broad SMARTS) is 1. The van der Waals surface area contributed by atoms with Gasteiger partial charge >= 0.3 is 11.5 Å². The molecule has 2 N–H and O–H groups in total. The Morgan fingerprint density at radius 2 is 1.75 bits per heavy atom. The molecule has 9 heteroatoms. The number of hydrogen-bond acceptors (Lipinski definition) is 4. The second-order valence-electron chi connectivity index (χ2n) is 3.51. The number of thioether (sulfide) groups is 2. The number of alkyl halides is 3. The van der Waals surface area contributed by atoms with E-state index in [0.29, 0.717) is 5.69 Å². The number of rotatable bonds is 6. The number of aliphatic carboxylic acids is 1. The first-order valence-electron chi connectivity index (χ1n) is 5.21. The molecule has 1 aromatic carbocycles. The first-order valence-corrected chi connectivity index (χ1v) is 7.18. The molecule has 1 rings (SSSR count). The molecule has 1 aromatic rings. The van der Waals surface area contributed by atoms with Crippen LogP contribution in [0.5, 0.6) is 0 Å². The molecule has 1 amide bonds. The quantitative estimate of drug-likeness (QED) is 0.787. The van der Waals surface area contributed by atoms with Crippen molar-refractivity contribution in [2.45, 2.75) is 10.4 Å². The Hall–Kier alpha value is -1.35. The fourth-order valence-corrected chi connectivity index (χ4v) is 2.24. The number of benzene rings is 1. The molecule has 20 heavy (non-hydrogen) atoms. The average molecular weight is 325 g/mol. The van der Waals surface area contributed by atoms with Crippen molar-refractivity contribution in [2.75, 3.05) is 16.8 Å². The third-order valence-corrected chi connectivity index (χ3v) is 3.49. The number of anilines is 1. The number of halogens is 3. The molecule has 110 valence electrons. The van der Waals surface area contributed by atoms with Crippen molar-refractivity contribution in [3.05, 3.63) is 24.3 Å². The predicted molar refractivity (Wildman–Crippen MR) is 71.9 cm³/mol. The van der Waals surface area contributed by atoms with Crippen molar-refractivity contribution in [3.8, 4) is 0 Å². The third kappa shape index (κ3) is 7.29. The summed E-state index contributed by atoms with van der Waals surface area (Å²) < 4.78 is 36.3. The number of nitrogens with one attached hydrogen (secondary N) is 1. The highest BCUT2D eigenvalue weighted by Gasteiger charge is 2.28. The van der Waals surface area contributed by atoms with Crippen LogP contribution in [-0.2, 0) is 9.59 Å². The zero-order valence-corrected chi connectivity index (χ0v) is 11.6. The van der Waals surface area contributed by atoms with Gasteiger partial charge in [-0.15, -0.1) is 11.8 Å². The molecule has 0 fully saturated rings. The fraction of sp³-hybridized carbons (Fsp3) is 0.273. The summed E-state index contributed by atoms with van der Waals surface area (Å²) in [7, 11) is 0. The zero-order valence-electron chi connectivity index (χ0n) is 9.94. The Morgan fingerprint density at radius 1 is 1.15 bits per heavy atom. The minimum absolute atomic E-state index is 0.0238. The molecule has 0 heterocycles. The van der Waals surface area contributed by atoms with Gasteiger partial charge in [0.05, 0.1) is 11.5 Å². The molecule has 0 aliphatic carbocycles. The number of carbonyl (C=O) groups excluding carboxylic acids is 1. The van der Waals surface area contributed by atoms with Crippen molar-refractivity contribution in [1.82, 2.24) is 0 Å².